The van der Waals surface area contributed by atoms with Crippen LogP contribution in [0.3, 0.4) is 0 Å². The first-order valence-electron chi connectivity index (χ1n) is 12.0. The van der Waals surface area contributed by atoms with Crippen LogP contribution in [0.25, 0.3) is 0 Å². The van der Waals surface area contributed by atoms with E-state index >= 15 is 0 Å². The predicted octanol–water partition coefficient (Wildman–Crippen LogP) is 4.94. The topological polar surface area (TPSA) is 89.5 Å². The zero-order valence-electron chi connectivity index (χ0n) is 21.6. The molecule has 0 aromatic heterocycles. The zero-order chi connectivity index (χ0) is 26.5. The summed E-state index contributed by atoms with van der Waals surface area (Å²) in [6.07, 6.45) is 0.152. The molecule has 2 heterocycles. The lowest BCUT2D eigenvalue weighted by Crippen LogP contribution is -2.38. The van der Waals surface area contributed by atoms with Crippen LogP contribution in [0.1, 0.15) is 44.4 Å². The number of carbonyl (C=O) groups excluding carboxylic acids is 2. The van der Waals surface area contributed by atoms with Crippen LogP contribution >= 0.6 is 11.8 Å². The van der Waals surface area contributed by atoms with Crippen molar-refractivity contribution < 1.29 is 23.8 Å². The molecule has 0 bridgehead atoms. The van der Waals surface area contributed by atoms with Gasteiger partial charge in [0.1, 0.15) is 6.61 Å². The van der Waals surface area contributed by atoms with Crippen molar-refractivity contribution in [3.05, 3.63) is 82.0 Å². The Hall–Kier alpha value is -3.72. The molecule has 0 aliphatic carbocycles. The number of allylic oxidation sites excluding steroid dienone is 1. The lowest BCUT2D eigenvalue weighted by atomic mass is 9.93. The SMILES string of the molecule is COc1ccc(C2C(C(=O)OCc3ccccc3)=C(C)N=C3SC=C(CC(=O)NC(C)C)N32)cc1OC. The number of ether oxygens (including phenoxy) is 3. The molecule has 2 aromatic carbocycles. The molecule has 0 saturated carbocycles. The van der Waals surface area contributed by atoms with E-state index in [1.807, 2.05) is 66.6 Å². The molecule has 4 rings (SSSR count). The number of aliphatic imine (C=N–C) groups is 1. The van der Waals surface area contributed by atoms with Crippen molar-refractivity contribution in [1.29, 1.82) is 0 Å². The summed E-state index contributed by atoms with van der Waals surface area (Å²) in [6, 6.07) is 14.5. The summed E-state index contributed by atoms with van der Waals surface area (Å²) in [6.45, 7) is 5.78. The van der Waals surface area contributed by atoms with Gasteiger partial charge in [-0.2, -0.15) is 0 Å². The molecule has 0 fully saturated rings. The number of hydrogen-bond donors (Lipinski definition) is 1. The van der Waals surface area contributed by atoms with Gasteiger partial charge in [-0.25, -0.2) is 9.79 Å². The van der Waals surface area contributed by atoms with Crippen molar-refractivity contribution in [2.24, 2.45) is 4.99 Å². The maximum atomic E-state index is 13.6. The van der Waals surface area contributed by atoms with Crippen LogP contribution < -0.4 is 14.8 Å². The van der Waals surface area contributed by atoms with Crippen molar-refractivity contribution in [2.75, 3.05) is 14.2 Å². The highest BCUT2D eigenvalue weighted by Crippen LogP contribution is 2.46. The van der Waals surface area contributed by atoms with Gasteiger partial charge in [-0.05, 0) is 49.4 Å². The predicted molar refractivity (Wildman–Crippen MR) is 144 cm³/mol. The van der Waals surface area contributed by atoms with Gasteiger partial charge in [0, 0.05) is 11.7 Å². The monoisotopic (exact) mass is 521 g/mol. The molecule has 0 radical (unpaired) electrons. The summed E-state index contributed by atoms with van der Waals surface area (Å²) in [4.78, 5) is 32.9. The summed E-state index contributed by atoms with van der Waals surface area (Å²) in [7, 11) is 3.14. The highest BCUT2D eigenvalue weighted by Gasteiger charge is 2.41. The van der Waals surface area contributed by atoms with E-state index in [0.29, 0.717) is 27.9 Å². The number of nitrogens with zero attached hydrogens (tertiary/aromatic N) is 2. The standard InChI is InChI=1S/C28H31N3O5S/c1-17(2)29-24(32)14-21-16-37-28-30-18(3)25(27(33)36-15-19-9-7-6-8-10-19)26(31(21)28)20-11-12-22(34-4)23(13-20)35-5/h6-13,16-17,26H,14-15H2,1-5H3,(H,29,32). The summed E-state index contributed by atoms with van der Waals surface area (Å²) < 4.78 is 16.7. The number of benzene rings is 2. The van der Waals surface area contributed by atoms with E-state index in [9.17, 15) is 9.59 Å². The summed E-state index contributed by atoms with van der Waals surface area (Å²) in [5, 5.41) is 5.55. The van der Waals surface area contributed by atoms with E-state index in [1.54, 1.807) is 27.2 Å². The van der Waals surface area contributed by atoms with E-state index in [0.717, 1.165) is 16.8 Å². The normalized spacial score (nSPS) is 16.7. The third-order valence-electron chi connectivity index (χ3n) is 5.95. The van der Waals surface area contributed by atoms with E-state index in [2.05, 4.69) is 5.32 Å². The van der Waals surface area contributed by atoms with Crippen LogP contribution in [0.2, 0.25) is 0 Å². The Balaban J connectivity index is 1.73. The van der Waals surface area contributed by atoms with Gasteiger partial charge in [0.25, 0.3) is 0 Å². The first-order chi connectivity index (χ1) is 17.8. The van der Waals surface area contributed by atoms with Crippen molar-refractivity contribution in [3.63, 3.8) is 0 Å². The van der Waals surface area contributed by atoms with Crippen molar-refractivity contribution >= 4 is 28.8 Å². The molecule has 1 unspecified atom stereocenters. The lowest BCUT2D eigenvalue weighted by molar-refractivity contribution is -0.141. The van der Waals surface area contributed by atoms with Crippen molar-refractivity contribution in [1.82, 2.24) is 10.2 Å². The van der Waals surface area contributed by atoms with Gasteiger partial charge in [-0.15, -0.1) is 0 Å². The fraction of sp³-hybridized carbons (Fsp3) is 0.321. The van der Waals surface area contributed by atoms with Gasteiger partial charge >= 0.3 is 5.97 Å². The molecule has 2 aromatic rings. The Labute approximate surface area is 221 Å². The van der Waals surface area contributed by atoms with Gasteiger partial charge < -0.3 is 24.4 Å². The number of nitrogens with one attached hydrogen (secondary N) is 1. The Kier molecular flexibility index (Phi) is 8.23. The molecule has 9 heteroatoms. The molecule has 1 amide bonds. The molecule has 1 N–H and O–H groups in total. The first-order valence-corrected chi connectivity index (χ1v) is 12.9. The molecule has 37 heavy (non-hydrogen) atoms. The lowest BCUT2D eigenvalue weighted by Gasteiger charge is -2.36. The molecular formula is C28H31N3O5S. The maximum absolute atomic E-state index is 13.6. The molecule has 0 saturated heterocycles. The number of esters is 1. The minimum Gasteiger partial charge on any atom is -0.493 e. The Bertz CT molecular complexity index is 1270. The number of rotatable bonds is 9. The quantitative estimate of drug-likeness (QED) is 0.468. The highest BCUT2D eigenvalue weighted by molar-refractivity contribution is 8.16. The number of hydrogen-bond acceptors (Lipinski definition) is 8. The van der Waals surface area contributed by atoms with Gasteiger partial charge in [-0.1, -0.05) is 48.2 Å². The average Bonchev–Trinajstić information content (AvgIpc) is 3.27. The van der Waals surface area contributed by atoms with E-state index in [-0.39, 0.29) is 25.0 Å². The second-order valence-corrected chi connectivity index (χ2v) is 9.80. The average molecular weight is 522 g/mol. The fourth-order valence-electron chi connectivity index (χ4n) is 4.31. The van der Waals surface area contributed by atoms with Gasteiger partial charge in [0.05, 0.1) is 38.0 Å². The zero-order valence-corrected chi connectivity index (χ0v) is 22.4. The van der Waals surface area contributed by atoms with Crippen LogP contribution in [0, 0.1) is 0 Å². The minimum atomic E-state index is -0.566. The van der Waals surface area contributed by atoms with Gasteiger partial charge in [-0.3, -0.25) is 4.79 Å². The molecule has 0 spiro atoms. The summed E-state index contributed by atoms with van der Waals surface area (Å²) >= 11 is 1.43. The van der Waals surface area contributed by atoms with Gasteiger partial charge in [0.15, 0.2) is 16.7 Å². The number of fused-ring (bicyclic) bond motifs is 1. The van der Waals surface area contributed by atoms with Crippen LogP contribution in [0.4, 0.5) is 0 Å². The number of amides is 1. The van der Waals surface area contributed by atoms with Crippen molar-refractivity contribution in [3.8, 4) is 11.5 Å². The Morgan fingerprint density at radius 3 is 2.49 bits per heavy atom. The fourth-order valence-corrected chi connectivity index (χ4v) is 5.27. The molecular weight excluding hydrogens is 490 g/mol. The summed E-state index contributed by atoms with van der Waals surface area (Å²) in [5.74, 6) is 0.543. The third kappa shape index (κ3) is 5.83. The second kappa shape index (κ2) is 11.6. The minimum absolute atomic E-state index is 0.0176. The van der Waals surface area contributed by atoms with Crippen LogP contribution in [-0.2, 0) is 20.9 Å². The number of carbonyl (C=O) groups is 2. The Morgan fingerprint density at radius 1 is 1.08 bits per heavy atom. The number of amidine groups is 1. The smallest absolute Gasteiger partial charge is 0.338 e. The molecule has 2 aliphatic rings. The van der Waals surface area contributed by atoms with Crippen LogP contribution in [0.15, 0.2) is 75.9 Å². The largest absolute Gasteiger partial charge is 0.493 e. The highest BCUT2D eigenvalue weighted by atomic mass is 32.2. The number of methoxy groups -OCH3 is 2. The van der Waals surface area contributed by atoms with Gasteiger partial charge in [0.2, 0.25) is 5.91 Å². The maximum Gasteiger partial charge on any atom is 0.338 e. The number of thioether (sulfide) groups is 1. The van der Waals surface area contributed by atoms with Crippen LogP contribution in [-0.4, -0.2) is 42.2 Å². The molecule has 194 valence electrons. The molecule has 2 aliphatic heterocycles. The summed E-state index contributed by atoms with van der Waals surface area (Å²) in [5.41, 5.74) is 3.40. The molecule has 8 nitrogen and oxygen atoms in total. The van der Waals surface area contributed by atoms with Crippen LogP contribution in [0.5, 0.6) is 11.5 Å². The van der Waals surface area contributed by atoms with E-state index in [4.69, 9.17) is 19.2 Å². The van der Waals surface area contributed by atoms with E-state index in [1.165, 1.54) is 11.8 Å². The second-order valence-electron chi connectivity index (χ2n) is 8.97. The third-order valence-corrected chi connectivity index (χ3v) is 6.84. The molecule has 1 atom stereocenters. The Morgan fingerprint density at radius 2 is 1.81 bits per heavy atom. The van der Waals surface area contributed by atoms with E-state index < -0.39 is 12.0 Å². The first kappa shape index (κ1) is 26.3. The van der Waals surface area contributed by atoms with Crippen molar-refractivity contribution in [2.45, 2.75) is 45.9 Å².